The van der Waals surface area contributed by atoms with E-state index < -0.39 is 5.97 Å². The molecular formula is C13H13ClN2O2S. The number of rotatable bonds is 5. The van der Waals surface area contributed by atoms with Gasteiger partial charge in [-0.05, 0) is 18.2 Å². The number of carboxylic acid groups (broad SMARTS) is 1. The van der Waals surface area contributed by atoms with Crippen molar-refractivity contribution < 1.29 is 9.90 Å². The molecule has 0 saturated carbocycles. The van der Waals surface area contributed by atoms with Crippen LogP contribution in [0.3, 0.4) is 0 Å². The number of benzene rings is 1. The highest BCUT2D eigenvalue weighted by molar-refractivity contribution is 7.09. The maximum Gasteiger partial charge on any atom is 0.337 e. The second kappa shape index (κ2) is 6.04. The molecule has 0 spiro atoms. The van der Waals surface area contributed by atoms with Gasteiger partial charge < -0.3 is 10.4 Å². The van der Waals surface area contributed by atoms with Crippen molar-refractivity contribution in [2.75, 3.05) is 11.9 Å². The Morgan fingerprint density at radius 2 is 2.37 bits per heavy atom. The van der Waals surface area contributed by atoms with Gasteiger partial charge >= 0.3 is 5.97 Å². The van der Waals surface area contributed by atoms with Gasteiger partial charge in [0.2, 0.25) is 0 Å². The fourth-order valence-electron chi connectivity index (χ4n) is 1.63. The van der Waals surface area contributed by atoms with Crippen LogP contribution < -0.4 is 5.32 Å². The van der Waals surface area contributed by atoms with E-state index in [-0.39, 0.29) is 16.5 Å². The van der Waals surface area contributed by atoms with Crippen LogP contribution >= 0.6 is 22.9 Å². The maximum atomic E-state index is 10.8. The summed E-state index contributed by atoms with van der Waals surface area (Å²) in [6, 6.07) is 4.84. The molecule has 0 aliphatic heterocycles. The van der Waals surface area contributed by atoms with E-state index in [4.69, 9.17) is 16.7 Å². The van der Waals surface area contributed by atoms with E-state index in [2.05, 4.69) is 17.2 Å². The molecule has 2 N–H and O–H groups in total. The number of aromatic nitrogens is 1. The molecule has 19 heavy (non-hydrogen) atoms. The Kier molecular flexibility index (Phi) is 4.39. The Labute approximate surface area is 120 Å². The summed E-state index contributed by atoms with van der Waals surface area (Å²) >= 11 is 7.53. The first kappa shape index (κ1) is 13.8. The van der Waals surface area contributed by atoms with Crippen LogP contribution in [0.25, 0.3) is 0 Å². The normalized spacial score (nSPS) is 12.1. The largest absolute Gasteiger partial charge is 0.478 e. The number of carboxylic acids is 1. The zero-order chi connectivity index (χ0) is 13.8. The molecular weight excluding hydrogens is 284 g/mol. The predicted molar refractivity (Wildman–Crippen MR) is 77.4 cm³/mol. The molecule has 0 aliphatic carbocycles. The first-order chi connectivity index (χ1) is 9.08. The summed E-state index contributed by atoms with van der Waals surface area (Å²) in [6.45, 7) is 2.80. The third-order valence-electron chi connectivity index (χ3n) is 2.68. The molecule has 0 bridgehead atoms. The molecule has 1 aromatic heterocycles. The number of halogens is 1. The van der Waals surface area contributed by atoms with Crippen molar-refractivity contribution in [1.82, 2.24) is 4.98 Å². The summed E-state index contributed by atoms with van der Waals surface area (Å²) in [5, 5.41) is 15.4. The van der Waals surface area contributed by atoms with Gasteiger partial charge in [-0.1, -0.05) is 18.5 Å². The minimum atomic E-state index is -1.02. The van der Waals surface area contributed by atoms with Crippen LogP contribution in [0.5, 0.6) is 0 Å². The molecule has 6 heteroatoms. The highest BCUT2D eigenvalue weighted by Gasteiger charge is 2.10. The van der Waals surface area contributed by atoms with Crippen molar-refractivity contribution in [2.24, 2.45) is 0 Å². The summed E-state index contributed by atoms with van der Waals surface area (Å²) < 4.78 is 0. The Morgan fingerprint density at radius 1 is 1.58 bits per heavy atom. The highest BCUT2D eigenvalue weighted by Crippen LogP contribution is 2.23. The van der Waals surface area contributed by atoms with Crippen LogP contribution in [-0.4, -0.2) is 22.6 Å². The third-order valence-corrected chi connectivity index (χ3v) is 4.00. The van der Waals surface area contributed by atoms with E-state index in [1.54, 1.807) is 29.7 Å². The number of anilines is 1. The van der Waals surface area contributed by atoms with Crippen LogP contribution in [0.2, 0.25) is 5.02 Å². The third kappa shape index (κ3) is 3.45. The van der Waals surface area contributed by atoms with Gasteiger partial charge in [0.15, 0.2) is 0 Å². The Balaban J connectivity index is 2.00. The fourth-order valence-corrected chi connectivity index (χ4v) is 2.59. The van der Waals surface area contributed by atoms with Gasteiger partial charge in [-0.25, -0.2) is 9.78 Å². The van der Waals surface area contributed by atoms with Crippen molar-refractivity contribution in [3.63, 3.8) is 0 Å². The molecule has 1 aromatic carbocycles. The molecule has 2 aromatic rings. The summed E-state index contributed by atoms with van der Waals surface area (Å²) in [7, 11) is 0. The van der Waals surface area contributed by atoms with Crippen LogP contribution in [0.15, 0.2) is 29.8 Å². The number of hydrogen-bond acceptors (Lipinski definition) is 4. The molecule has 1 atom stereocenters. The minimum Gasteiger partial charge on any atom is -0.478 e. The number of nitrogens with zero attached hydrogens (tertiary/aromatic N) is 1. The number of aromatic carboxylic acids is 1. The van der Waals surface area contributed by atoms with Gasteiger partial charge in [0.25, 0.3) is 0 Å². The van der Waals surface area contributed by atoms with Gasteiger partial charge in [0.1, 0.15) is 0 Å². The number of carbonyl (C=O) groups is 1. The fraction of sp³-hybridized carbons (Fsp3) is 0.231. The number of hydrogen-bond donors (Lipinski definition) is 2. The number of nitrogens with one attached hydrogen (secondary N) is 1. The smallest absolute Gasteiger partial charge is 0.337 e. The minimum absolute atomic E-state index is 0.111. The van der Waals surface area contributed by atoms with Gasteiger partial charge in [-0.15, -0.1) is 11.3 Å². The molecule has 2 rings (SSSR count). The maximum absolute atomic E-state index is 10.8. The molecule has 1 heterocycles. The van der Waals surface area contributed by atoms with Gasteiger partial charge in [-0.3, -0.25) is 0 Å². The first-order valence-corrected chi connectivity index (χ1v) is 7.00. The number of thiazole rings is 1. The van der Waals surface area contributed by atoms with Crippen molar-refractivity contribution in [3.8, 4) is 0 Å². The summed E-state index contributed by atoms with van der Waals surface area (Å²) in [5.41, 5.74) is 0.915. The van der Waals surface area contributed by atoms with Crippen molar-refractivity contribution in [1.29, 1.82) is 0 Å². The summed E-state index contributed by atoms with van der Waals surface area (Å²) in [6.07, 6.45) is 1.79. The Hall–Kier alpha value is -1.59. The van der Waals surface area contributed by atoms with E-state index in [0.717, 1.165) is 17.2 Å². The first-order valence-electron chi connectivity index (χ1n) is 5.74. The monoisotopic (exact) mass is 296 g/mol. The lowest BCUT2D eigenvalue weighted by atomic mass is 10.1. The lowest BCUT2D eigenvalue weighted by Crippen LogP contribution is -2.10. The van der Waals surface area contributed by atoms with Gasteiger partial charge in [-0.2, -0.15) is 0 Å². The molecule has 100 valence electrons. The molecule has 0 aliphatic rings. The molecule has 0 radical (unpaired) electrons. The zero-order valence-corrected chi connectivity index (χ0v) is 11.8. The summed E-state index contributed by atoms with van der Waals surface area (Å²) in [5.74, 6) is -0.731. The predicted octanol–water partition coefficient (Wildman–Crippen LogP) is 3.71. The quantitative estimate of drug-likeness (QED) is 0.883. The molecule has 1 unspecified atom stereocenters. The highest BCUT2D eigenvalue weighted by atomic mass is 35.5. The lowest BCUT2D eigenvalue weighted by Gasteiger charge is -2.12. The average Bonchev–Trinajstić information content (AvgIpc) is 2.89. The van der Waals surface area contributed by atoms with Crippen LogP contribution in [-0.2, 0) is 0 Å². The molecule has 4 nitrogen and oxygen atoms in total. The van der Waals surface area contributed by atoms with Gasteiger partial charge in [0, 0.05) is 29.7 Å². The Bertz CT molecular complexity index is 572. The second-order valence-corrected chi connectivity index (χ2v) is 5.49. The van der Waals surface area contributed by atoms with E-state index in [1.165, 1.54) is 6.07 Å². The molecule has 0 fully saturated rings. The molecule has 0 amide bonds. The standard InChI is InChI=1S/C13H13ClN2O2S/c1-8(12-15-4-5-19-12)7-16-9-2-3-10(13(17)18)11(14)6-9/h2-6,8,16H,7H2,1H3,(H,17,18). The van der Waals surface area contributed by atoms with Gasteiger partial charge in [0.05, 0.1) is 15.6 Å². The SMILES string of the molecule is CC(CNc1ccc(C(=O)O)c(Cl)c1)c1nccs1. The lowest BCUT2D eigenvalue weighted by molar-refractivity contribution is 0.0697. The van der Waals surface area contributed by atoms with Crippen LogP contribution in [0.4, 0.5) is 5.69 Å². The van der Waals surface area contributed by atoms with Crippen LogP contribution in [0.1, 0.15) is 28.2 Å². The topological polar surface area (TPSA) is 62.2 Å². The van der Waals surface area contributed by atoms with E-state index >= 15 is 0 Å². The van der Waals surface area contributed by atoms with E-state index in [1.807, 2.05) is 5.38 Å². The van der Waals surface area contributed by atoms with Crippen molar-refractivity contribution in [2.45, 2.75) is 12.8 Å². The Morgan fingerprint density at radius 3 is 2.95 bits per heavy atom. The summed E-state index contributed by atoms with van der Waals surface area (Å²) in [4.78, 5) is 15.1. The second-order valence-electron chi connectivity index (χ2n) is 4.15. The molecule has 0 saturated heterocycles. The zero-order valence-electron chi connectivity index (χ0n) is 10.3. The van der Waals surface area contributed by atoms with Crippen molar-refractivity contribution in [3.05, 3.63) is 45.4 Å². The van der Waals surface area contributed by atoms with E-state index in [0.29, 0.717) is 0 Å². The van der Waals surface area contributed by atoms with Crippen LogP contribution in [0, 0.1) is 0 Å². The van der Waals surface area contributed by atoms with Crippen molar-refractivity contribution >= 4 is 34.6 Å². The van der Waals surface area contributed by atoms with E-state index in [9.17, 15) is 4.79 Å². The average molecular weight is 297 g/mol.